The molecule has 1 aliphatic heterocycles. The number of carbonyl (C=O) groups excluding carboxylic acids is 2. The first-order valence-corrected chi connectivity index (χ1v) is 9.11. The van der Waals surface area contributed by atoms with Crippen molar-refractivity contribution in [2.24, 2.45) is 0 Å². The van der Waals surface area contributed by atoms with E-state index in [1.807, 2.05) is 30.9 Å². The van der Waals surface area contributed by atoms with Crippen molar-refractivity contribution in [2.75, 3.05) is 20.3 Å². The van der Waals surface area contributed by atoms with Crippen LogP contribution in [-0.4, -0.2) is 43.2 Å². The lowest BCUT2D eigenvalue weighted by Gasteiger charge is -2.32. The summed E-state index contributed by atoms with van der Waals surface area (Å²) in [6, 6.07) is 7.35. The van der Waals surface area contributed by atoms with Gasteiger partial charge in [-0.2, -0.15) is 0 Å². The lowest BCUT2D eigenvalue weighted by atomic mass is 9.83. The molecule has 27 heavy (non-hydrogen) atoms. The Bertz CT molecular complexity index is 697. The predicted octanol–water partition coefficient (Wildman–Crippen LogP) is 3.40. The third kappa shape index (κ3) is 4.70. The van der Waals surface area contributed by atoms with E-state index in [1.54, 1.807) is 45.5 Å². The van der Waals surface area contributed by atoms with E-state index in [4.69, 9.17) is 14.2 Å². The summed E-state index contributed by atoms with van der Waals surface area (Å²) in [5, 5.41) is 0. The fourth-order valence-corrected chi connectivity index (χ4v) is 2.90. The van der Waals surface area contributed by atoms with Crippen molar-refractivity contribution in [2.45, 2.75) is 39.7 Å². The highest BCUT2D eigenvalue weighted by atomic mass is 16.5. The molecule has 2 rings (SSSR count). The van der Waals surface area contributed by atoms with Gasteiger partial charge in [-0.3, -0.25) is 0 Å². The molecular formula is C21H27NO5. The second-order valence-electron chi connectivity index (χ2n) is 6.36. The van der Waals surface area contributed by atoms with E-state index in [0.29, 0.717) is 16.9 Å². The molecule has 1 heterocycles. The summed E-state index contributed by atoms with van der Waals surface area (Å²) < 4.78 is 15.7. The van der Waals surface area contributed by atoms with Gasteiger partial charge in [0.05, 0.1) is 37.4 Å². The summed E-state index contributed by atoms with van der Waals surface area (Å²) in [6.45, 7) is 7.98. The molecule has 0 aromatic heterocycles. The van der Waals surface area contributed by atoms with Gasteiger partial charge in [-0.05, 0) is 45.4 Å². The van der Waals surface area contributed by atoms with Crippen LogP contribution in [0.2, 0.25) is 0 Å². The van der Waals surface area contributed by atoms with E-state index >= 15 is 0 Å². The van der Waals surface area contributed by atoms with Gasteiger partial charge >= 0.3 is 11.9 Å². The van der Waals surface area contributed by atoms with E-state index in [2.05, 4.69) is 0 Å². The standard InChI is InChI=1S/C21H27NO5/c1-6-26-20(23)17-12-22(14(3)4)13-18(21(24)27-7-2)19(17)15-8-10-16(25-5)11-9-15/h8-14,19H,6-7H2,1-5H3. The Morgan fingerprint density at radius 1 is 0.963 bits per heavy atom. The van der Waals surface area contributed by atoms with E-state index in [-0.39, 0.29) is 19.3 Å². The predicted molar refractivity (Wildman–Crippen MR) is 102 cm³/mol. The first-order chi connectivity index (χ1) is 12.9. The van der Waals surface area contributed by atoms with Crippen molar-refractivity contribution < 1.29 is 23.8 Å². The molecule has 146 valence electrons. The number of nitrogens with zero attached hydrogens (tertiary/aromatic N) is 1. The molecule has 0 saturated heterocycles. The van der Waals surface area contributed by atoms with Gasteiger partial charge < -0.3 is 19.1 Å². The molecule has 1 aromatic carbocycles. The number of methoxy groups -OCH3 is 1. The summed E-state index contributed by atoms with van der Waals surface area (Å²) in [5.74, 6) is -0.761. The lowest BCUT2D eigenvalue weighted by molar-refractivity contribution is -0.139. The molecule has 0 spiro atoms. The van der Waals surface area contributed by atoms with Crippen molar-refractivity contribution in [3.63, 3.8) is 0 Å². The topological polar surface area (TPSA) is 65.1 Å². The van der Waals surface area contributed by atoms with Gasteiger partial charge in [-0.1, -0.05) is 12.1 Å². The molecule has 0 atom stereocenters. The van der Waals surface area contributed by atoms with Crippen LogP contribution in [0.3, 0.4) is 0 Å². The third-order valence-corrected chi connectivity index (χ3v) is 4.27. The molecular weight excluding hydrogens is 346 g/mol. The molecule has 0 bridgehead atoms. The van der Waals surface area contributed by atoms with Crippen LogP contribution < -0.4 is 4.74 Å². The number of hydrogen-bond donors (Lipinski definition) is 0. The first-order valence-electron chi connectivity index (χ1n) is 9.11. The maximum atomic E-state index is 12.7. The second-order valence-corrected chi connectivity index (χ2v) is 6.36. The Labute approximate surface area is 160 Å². The van der Waals surface area contributed by atoms with Gasteiger partial charge in [0.1, 0.15) is 5.75 Å². The van der Waals surface area contributed by atoms with Crippen LogP contribution in [0.4, 0.5) is 0 Å². The molecule has 0 unspecified atom stereocenters. The molecule has 6 heteroatoms. The number of esters is 2. The van der Waals surface area contributed by atoms with Crippen LogP contribution in [0, 0.1) is 0 Å². The van der Waals surface area contributed by atoms with Crippen molar-refractivity contribution in [1.82, 2.24) is 4.90 Å². The zero-order chi connectivity index (χ0) is 20.0. The number of carbonyl (C=O) groups is 2. The van der Waals surface area contributed by atoms with Crippen LogP contribution in [0.5, 0.6) is 5.75 Å². The summed E-state index contributed by atoms with van der Waals surface area (Å²) in [6.07, 6.45) is 3.50. The van der Waals surface area contributed by atoms with Gasteiger partial charge in [0.2, 0.25) is 0 Å². The Morgan fingerprint density at radius 3 is 1.81 bits per heavy atom. The maximum absolute atomic E-state index is 12.7. The Hall–Kier alpha value is -2.76. The van der Waals surface area contributed by atoms with Gasteiger partial charge in [-0.15, -0.1) is 0 Å². The van der Waals surface area contributed by atoms with Gasteiger partial charge in [0, 0.05) is 18.4 Å². The first kappa shape index (κ1) is 20.6. The molecule has 1 aliphatic rings. The number of hydrogen-bond acceptors (Lipinski definition) is 6. The molecule has 0 fully saturated rings. The highest BCUT2D eigenvalue weighted by Gasteiger charge is 2.36. The van der Waals surface area contributed by atoms with Gasteiger partial charge in [-0.25, -0.2) is 9.59 Å². The largest absolute Gasteiger partial charge is 0.497 e. The van der Waals surface area contributed by atoms with Crippen LogP contribution in [0.1, 0.15) is 39.2 Å². The van der Waals surface area contributed by atoms with Crippen molar-refractivity contribution in [3.8, 4) is 5.75 Å². The van der Waals surface area contributed by atoms with Crippen molar-refractivity contribution in [1.29, 1.82) is 0 Å². The molecule has 0 N–H and O–H groups in total. The van der Waals surface area contributed by atoms with Gasteiger partial charge in [0.25, 0.3) is 0 Å². The Morgan fingerprint density at radius 2 is 1.44 bits per heavy atom. The SMILES string of the molecule is CCOC(=O)C1=CN(C(C)C)C=C(C(=O)OCC)C1c1ccc(OC)cc1. The Balaban J connectivity index is 2.57. The fourth-order valence-electron chi connectivity index (χ4n) is 2.90. The van der Waals surface area contributed by atoms with Crippen molar-refractivity contribution >= 4 is 11.9 Å². The maximum Gasteiger partial charge on any atom is 0.336 e. The molecule has 0 radical (unpaired) electrons. The fraction of sp³-hybridized carbons (Fsp3) is 0.429. The smallest absolute Gasteiger partial charge is 0.336 e. The van der Waals surface area contributed by atoms with Crippen LogP contribution in [0.15, 0.2) is 47.8 Å². The summed E-state index contributed by atoms with van der Waals surface area (Å²) in [5.41, 5.74) is 1.60. The van der Waals surface area contributed by atoms with E-state index < -0.39 is 17.9 Å². The quantitative estimate of drug-likeness (QED) is 0.683. The average Bonchev–Trinajstić information content (AvgIpc) is 2.67. The normalized spacial score (nSPS) is 14.5. The van der Waals surface area contributed by atoms with Crippen LogP contribution in [0.25, 0.3) is 0 Å². The van der Waals surface area contributed by atoms with Crippen molar-refractivity contribution in [3.05, 3.63) is 53.4 Å². The van der Waals surface area contributed by atoms with Crippen LogP contribution in [-0.2, 0) is 19.1 Å². The number of ether oxygens (including phenoxy) is 3. The summed E-state index contributed by atoms with van der Waals surface area (Å²) in [7, 11) is 1.59. The molecule has 0 aliphatic carbocycles. The molecule has 6 nitrogen and oxygen atoms in total. The summed E-state index contributed by atoms with van der Waals surface area (Å²) >= 11 is 0. The zero-order valence-corrected chi connectivity index (χ0v) is 16.5. The minimum Gasteiger partial charge on any atom is -0.497 e. The third-order valence-electron chi connectivity index (χ3n) is 4.27. The highest BCUT2D eigenvalue weighted by Crippen LogP contribution is 2.38. The Kier molecular flexibility index (Phi) is 7.05. The van der Waals surface area contributed by atoms with E-state index in [9.17, 15) is 9.59 Å². The van der Waals surface area contributed by atoms with Crippen LogP contribution >= 0.6 is 0 Å². The monoisotopic (exact) mass is 373 g/mol. The minimum atomic E-state index is -0.566. The number of rotatable bonds is 7. The molecule has 0 amide bonds. The summed E-state index contributed by atoms with van der Waals surface area (Å²) in [4.78, 5) is 27.2. The average molecular weight is 373 g/mol. The minimum absolute atomic E-state index is 0.0654. The lowest BCUT2D eigenvalue weighted by Crippen LogP contribution is -2.32. The second kappa shape index (κ2) is 9.26. The van der Waals surface area contributed by atoms with Gasteiger partial charge in [0.15, 0.2) is 0 Å². The van der Waals surface area contributed by atoms with E-state index in [0.717, 1.165) is 5.56 Å². The molecule has 0 saturated carbocycles. The zero-order valence-electron chi connectivity index (χ0n) is 16.5. The van der Waals surface area contributed by atoms with E-state index in [1.165, 1.54) is 0 Å². The highest BCUT2D eigenvalue weighted by molar-refractivity contribution is 5.98. The number of benzene rings is 1. The molecule has 1 aromatic rings.